The molecule has 2 unspecified atom stereocenters. The van der Waals surface area contributed by atoms with Crippen LogP contribution in [0.25, 0.3) is 0 Å². The summed E-state index contributed by atoms with van der Waals surface area (Å²) >= 11 is 2.21. The summed E-state index contributed by atoms with van der Waals surface area (Å²) in [7, 11) is 0. The molecule has 2 atom stereocenters. The first-order valence-electron chi connectivity index (χ1n) is 5.22. The molecule has 1 aliphatic carbocycles. The minimum absolute atomic E-state index is 0.754. The zero-order valence-electron chi connectivity index (χ0n) is 7.51. The lowest BCUT2D eigenvalue weighted by Gasteiger charge is -2.51. The van der Waals surface area contributed by atoms with Crippen molar-refractivity contribution in [2.45, 2.75) is 31.7 Å². The van der Waals surface area contributed by atoms with Crippen molar-refractivity contribution >= 4 is 11.8 Å². The molecule has 2 heteroatoms. The van der Waals surface area contributed by atoms with E-state index in [9.17, 15) is 0 Å². The molecule has 0 aromatic rings. The van der Waals surface area contributed by atoms with Crippen molar-refractivity contribution in [1.82, 2.24) is 5.32 Å². The van der Waals surface area contributed by atoms with Crippen LogP contribution in [-0.4, -0.2) is 24.1 Å². The molecule has 0 radical (unpaired) electrons. The summed E-state index contributed by atoms with van der Waals surface area (Å²) in [5.41, 5.74) is 0.754. The van der Waals surface area contributed by atoms with Gasteiger partial charge >= 0.3 is 0 Å². The number of fused-ring (bicyclic) bond motifs is 2. The van der Waals surface area contributed by atoms with Gasteiger partial charge in [-0.25, -0.2) is 0 Å². The highest BCUT2D eigenvalue weighted by molar-refractivity contribution is 7.99. The normalized spacial score (nSPS) is 44.0. The summed E-state index contributed by atoms with van der Waals surface area (Å²) in [4.78, 5) is 0. The van der Waals surface area contributed by atoms with E-state index in [1.54, 1.807) is 0 Å². The fourth-order valence-corrected chi connectivity index (χ4v) is 4.90. The molecule has 0 bridgehead atoms. The van der Waals surface area contributed by atoms with E-state index >= 15 is 0 Å². The molecule has 0 amide bonds. The fourth-order valence-electron chi connectivity index (χ4n) is 3.24. The second-order valence-corrected chi connectivity index (χ2v) is 5.74. The van der Waals surface area contributed by atoms with E-state index in [1.165, 1.54) is 43.7 Å². The van der Waals surface area contributed by atoms with Crippen LogP contribution in [0.1, 0.15) is 25.7 Å². The second kappa shape index (κ2) is 2.65. The third-order valence-electron chi connectivity index (χ3n) is 4.08. The maximum absolute atomic E-state index is 3.74. The molecule has 68 valence electrons. The zero-order valence-corrected chi connectivity index (χ0v) is 8.33. The number of nitrogens with one attached hydrogen (secondary N) is 1. The van der Waals surface area contributed by atoms with Crippen molar-refractivity contribution in [2.75, 3.05) is 18.1 Å². The smallest absolute Gasteiger partial charge is 0.0168 e. The average Bonchev–Trinajstić information content (AvgIpc) is 2.47. The van der Waals surface area contributed by atoms with E-state index in [0.29, 0.717) is 0 Å². The second-order valence-electron chi connectivity index (χ2n) is 4.71. The standard InChI is InChI=1S/C10H17NS/c1-3-10(4-1)7-12-6-8-2-5-11-9(8)10/h8-9,11H,1-7H2. The summed E-state index contributed by atoms with van der Waals surface area (Å²) < 4.78 is 0. The Morgan fingerprint density at radius 2 is 2.25 bits per heavy atom. The van der Waals surface area contributed by atoms with Crippen molar-refractivity contribution in [3.63, 3.8) is 0 Å². The van der Waals surface area contributed by atoms with E-state index < -0.39 is 0 Å². The van der Waals surface area contributed by atoms with Gasteiger partial charge in [0.25, 0.3) is 0 Å². The fraction of sp³-hybridized carbons (Fsp3) is 1.00. The number of thioether (sulfide) groups is 1. The van der Waals surface area contributed by atoms with E-state index in [-0.39, 0.29) is 0 Å². The van der Waals surface area contributed by atoms with Crippen molar-refractivity contribution in [2.24, 2.45) is 11.3 Å². The largest absolute Gasteiger partial charge is 0.313 e. The van der Waals surface area contributed by atoms with Crippen LogP contribution in [0.4, 0.5) is 0 Å². The van der Waals surface area contributed by atoms with Gasteiger partial charge in [0.15, 0.2) is 0 Å². The molecule has 3 rings (SSSR count). The van der Waals surface area contributed by atoms with Gasteiger partial charge in [-0.05, 0) is 42.9 Å². The monoisotopic (exact) mass is 183 g/mol. The Morgan fingerprint density at radius 3 is 3.00 bits per heavy atom. The Kier molecular flexibility index (Phi) is 1.70. The highest BCUT2D eigenvalue weighted by Gasteiger charge is 2.50. The molecule has 1 N–H and O–H groups in total. The Hall–Kier alpha value is 0.310. The lowest BCUT2D eigenvalue weighted by molar-refractivity contribution is 0.0887. The molecule has 3 fully saturated rings. The molecular formula is C10H17NS. The lowest BCUT2D eigenvalue weighted by Crippen LogP contribution is -2.53. The molecule has 2 aliphatic heterocycles. The maximum Gasteiger partial charge on any atom is 0.0168 e. The molecule has 3 aliphatic rings. The number of rotatable bonds is 0. The molecule has 1 nitrogen and oxygen atoms in total. The summed E-state index contributed by atoms with van der Waals surface area (Å²) in [6.07, 6.45) is 5.95. The van der Waals surface area contributed by atoms with Crippen LogP contribution < -0.4 is 5.32 Å². The van der Waals surface area contributed by atoms with Crippen molar-refractivity contribution in [3.8, 4) is 0 Å². The summed E-state index contributed by atoms with van der Waals surface area (Å²) in [5, 5.41) is 3.74. The molecule has 0 aromatic heterocycles. The van der Waals surface area contributed by atoms with Gasteiger partial charge < -0.3 is 5.32 Å². The van der Waals surface area contributed by atoms with Crippen LogP contribution in [0.5, 0.6) is 0 Å². The van der Waals surface area contributed by atoms with Crippen molar-refractivity contribution in [3.05, 3.63) is 0 Å². The Balaban J connectivity index is 1.83. The molecule has 12 heavy (non-hydrogen) atoms. The minimum Gasteiger partial charge on any atom is -0.313 e. The van der Waals surface area contributed by atoms with Crippen LogP contribution in [0.3, 0.4) is 0 Å². The highest BCUT2D eigenvalue weighted by Crippen LogP contribution is 2.53. The number of hydrogen-bond donors (Lipinski definition) is 1. The topological polar surface area (TPSA) is 12.0 Å². The van der Waals surface area contributed by atoms with E-state index in [2.05, 4.69) is 17.1 Å². The van der Waals surface area contributed by atoms with Crippen molar-refractivity contribution in [1.29, 1.82) is 0 Å². The predicted octanol–water partition coefficient (Wildman–Crippen LogP) is 1.88. The minimum atomic E-state index is 0.754. The lowest BCUT2D eigenvalue weighted by atomic mass is 9.63. The molecule has 2 saturated heterocycles. The van der Waals surface area contributed by atoms with Gasteiger partial charge in [0.2, 0.25) is 0 Å². The maximum atomic E-state index is 3.74. The van der Waals surface area contributed by atoms with Gasteiger partial charge in [0.1, 0.15) is 0 Å². The van der Waals surface area contributed by atoms with Gasteiger partial charge in [0.05, 0.1) is 0 Å². The average molecular weight is 183 g/mol. The van der Waals surface area contributed by atoms with Crippen molar-refractivity contribution < 1.29 is 0 Å². The Morgan fingerprint density at radius 1 is 1.33 bits per heavy atom. The molecule has 1 spiro atoms. The first-order valence-corrected chi connectivity index (χ1v) is 6.37. The third-order valence-corrected chi connectivity index (χ3v) is 5.52. The van der Waals surface area contributed by atoms with Crippen LogP contribution in [0.15, 0.2) is 0 Å². The third kappa shape index (κ3) is 0.912. The Bertz CT molecular complexity index is 188. The molecular weight excluding hydrogens is 166 g/mol. The van der Waals surface area contributed by atoms with E-state index in [0.717, 1.165) is 17.4 Å². The predicted molar refractivity (Wildman–Crippen MR) is 53.5 cm³/mol. The highest BCUT2D eigenvalue weighted by atomic mass is 32.2. The van der Waals surface area contributed by atoms with Gasteiger partial charge in [-0.2, -0.15) is 11.8 Å². The zero-order chi connectivity index (χ0) is 8.02. The summed E-state index contributed by atoms with van der Waals surface area (Å²) in [5.74, 6) is 3.89. The molecule has 1 saturated carbocycles. The first-order chi connectivity index (χ1) is 5.91. The quantitative estimate of drug-likeness (QED) is 0.615. The van der Waals surface area contributed by atoms with Crippen LogP contribution in [0.2, 0.25) is 0 Å². The first kappa shape index (κ1) is 7.69. The van der Waals surface area contributed by atoms with Gasteiger partial charge in [-0.15, -0.1) is 0 Å². The van der Waals surface area contributed by atoms with Crippen LogP contribution in [-0.2, 0) is 0 Å². The van der Waals surface area contributed by atoms with Crippen LogP contribution >= 0.6 is 11.8 Å². The van der Waals surface area contributed by atoms with Crippen LogP contribution in [0, 0.1) is 11.3 Å². The molecule has 2 heterocycles. The number of hydrogen-bond acceptors (Lipinski definition) is 2. The SMILES string of the molecule is C1CC2(C1)CSCC1CCNC12. The van der Waals surface area contributed by atoms with Gasteiger partial charge in [-0.1, -0.05) is 6.42 Å². The van der Waals surface area contributed by atoms with E-state index in [4.69, 9.17) is 0 Å². The molecule has 0 aromatic carbocycles. The van der Waals surface area contributed by atoms with E-state index in [1.807, 2.05) is 0 Å². The van der Waals surface area contributed by atoms with Gasteiger partial charge in [-0.3, -0.25) is 0 Å². The summed E-state index contributed by atoms with van der Waals surface area (Å²) in [6, 6.07) is 0.910. The summed E-state index contributed by atoms with van der Waals surface area (Å²) in [6.45, 7) is 1.29. The van der Waals surface area contributed by atoms with Gasteiger partial charge in [0, 0.05) is 11.8 Å². The Labute approximate surface area is 78.7 Å².